The third kappa shape index (κ3) is 3.13. The van der Waals surface area contributed by atoms with Crippen molar-refractivity contribution in [2.75, 3.05) is 0 Å². The molecule has 6 heteroatoms. The van der Waals surface area contributed by atoms with E-state index in [1.54, 1.807) is 0 Å². The predicted octanol–water partition coefficient (Wildman–Crippen LogP) is 1.86. The summed E-state index contributed by atoms with van der Waals surface area (Å²) in [6, 6.07) is 0. The molecule has 1 fully saturated rings. The van der Waals surface area contributed by atoms with Gasteiger partial charge in [0, 0.05) is 0 Å². The second-order valence-corrected chi connectivity index (χ2v) is 3.94. The van der Waals surface area contributed by atoms with Gasteiger partial charge in [-0.15, -0.1) is 19.7 Å². The van der Waals surface area contributed by atoms with Crippen LogP contribution >= 0.6 is 0 Å². The predicted molar refractivity (Wildman–Crippen MR) is 65.0 cm³/mol. The zero-order valence-corrected chi connectivity index (χ0v) is 9.58. The van der Waals surface area contributed by atoms with Crippen molar-refractivity contribution < 1.29 is 13.7 Å². The zero-order chi connectivity index (χ0) is 11.6. The Bertz CT molecular complexity index is 249. The molecule has 1 aliphatic rings. The molecule has 0 aromatic heterocycles. The molecule has 0 saturated carbocycles. The molecule has 1 heterocycles. The third-order valence-corrected chi connectivity index (χ3v) is 1.95. The van der Waals surface area contributed by atoms with Gasteiger partial charge < -0.3 is 13.7 Å². The molecule has 3 nitrogen and oxygen atoms in total. The van der Waals surface area contributed by atoms with E-state index in [1.807, 2.05) is 20.8 Å². The first-order valence-corrected chi connectivity index (χ1v) is 4.84. The summed E-state index contributed by atoms with van der Waals surface area (Å²) in [5.74, 6) is 0. The Hall–Kier alpha value is -0.705. The van der Waals surface area contributed by atoms with Gasteiger partial charge in [-0.25, -0.2) is 0 Å². The van der Waals surface area contributed by atoms with Crippen LogP contribution in [0.15, 0.2) is 36.2 Å². The largest absolute Gasteiger partial charge is 0.461 e. The molecule has 0 radical (unpaired) electrons. The second-order valence-electron chi connectivity index (χ2n) is 3.94. The number of rotatable bonds is 3. The molecule has 1 saturated heterocycles. The fourth-order valence-electron chi connectivity index (χ4n) is 1.13. The van der Waals surface area contributed by atoms with Crippen molar-refractivity contribution >= 4 is 21.4 Å². The Labute approximate surface area is 92.6 Å². The lowest BCUT2D eigenvalue weighted by Gasteiger charge is -2.31. The minimum atomic E-state index is -0.456. The van der Waals surface area contributed by atoms with Gasteiger partial charge in [0.15, 0.2) is 0 Å². The second kappa shape index (κ2) is 4.88. The van der Waals surface area contributed by atoms with Gasteiger partial charge in [0.05, 0.1) is 0 Å². The lowest BCUT2D eigenvalue weighted by molar-refractivity contribution is 0.298. The van der Waals surface area contributed by atoms with Crippen molar-refractivity contribution in [2.45, 2.75) is 20.8 Å². The Morgan fingerprint density at radius 2 is 0.867 bits per heavy atom. The first-order chi connectivity index (χ1) is 6.91. The summed E-state index contributed by atoms with van der Waals surface area (Å²) in [5.41, 5.74) is 2.41. The van der Waals surface area contributed by atoms with Crippen molar-refractivity contribution in [1.29, 1.82) is 0 Å². The highest BCUT2D eigenvalue weighted by Gasteiger charge is 2.41. The van der Waals surface area contributed by atoms with Crippen molar-refractivity contribution in [1.82, 2.24) is 0 Å². The Morgan fingerprint density at radius 1 is 0.667 bits per heavy atom. The van der Waals surface area contributed by atoms with Gasteiger partial charge in [0.2, 0.25) is 0 Å². The molecule has 1 aliphatic heterocycles. The van der Waals surface area contributed by atoms with E-state index in [2.05, 4.69) is 19.7 Å². The van der Waals surface area contributed by atoms with Crippen molar-refractivity contribution in [2.24, 2.45) is 0 Å². The van der Waals surface area contributed by atoms with Crippen molar-refractivity contribution in [3.8, 4) is 0 Å². The summed E-state index contributed by atoms with van der Waals surface area (Å²) in [6.45, 7) is 16.9. The van der Waals surface area contributed by atoms with Crippen LogP contribution in [0.3, 0.4) is 0 Å². The third-order valence-electron chi connectivity index (χ3n) is 1.95. The average Bonchev–Trinajstić information content (AvgIpc) is 2.16. The molecule has 0 bridgehead atoms. The molecule has 0 aromatic carbocycles. The highest BCUT2D eigenvalue weighted by molar-refractivity contribution is 6.80. The van der Waals surface area contributed by atoms with Crippen LogP contribution in [-0.4, -0.2) is 21.4 Å². The molecule has 1 rings (SSSR count). The monoisotopic (exact) mass is 204 g/mol. The van der Waals surface area contributed by atoms with Gasteiger partial charge in [0.25, 0.3) is 0 Å². The fraction of sp³-hybridized carbons (Fsp3) is 0.333. The van der Waals surface area contributed by atoms with Gasteiger partial charge in [0.1, 0.15) is 0 Å². The molecule has 0 aromatic rings. The maximum absolute atomic E-state index is 5.51. The molecule has 0 N–H and O–H groups in total. The van der Waals surface area contributed by atoms with E-state index in [-0.39, 0.29) is 0 Å². The van der Waals surface area contributed by atoms with Gasteiger partial charge in [-0.1, -0.05) is 16.4 Å². The molecule has 0 aliphatic carbocycles. The summed E-state index contributed by atoms with van der Waals surface area (Å²) in [5, 5.41) is 0. The van der Waals surface area contributed by atoms with Crippen molar-refractivity contribution in [3.05, 3.63) is 36.2 Å². The lowest BCUT2D eigenvalue weighted by Crippen LogP contribution is -2.50. The van der Waals surface area contributed by atoms with Gasteiger partial charge >= 0.3 is 21.4 Å². The molecule has 78 valence electrons. The van der Waals surface area contributed by atoms with E-state index >= 15 is 0 Å². The van der Waals surface area contributed by atoms with Crippen LogP contribution in [0, 0.1) is 0 Å². The quantitative estimate of drug-likeness (QED) is 0.656. The summed E-state index contributed by atoms with van der Waals surface area (Å²) in [4.78, 5) is 0. The molecular formula is C9H15B3O3. The molecule has 0 atom stereocenters. The minimum Gasteiger partial charge on any atom is -0.445 e. The first kappa shape index (κ1) is 12.4. The van der Waals surface area contributed by atoms with Crippen LogP contribution in [0.4, 0.5) is 0 Å². The van der Waals surface area contributed by atoms with E-state index in [4.69, 9.17) is 13.7 Å². The minimum absolute atomic E-state index is 0.456. The van der Waals surface area contributed by atoms with E-state index < -0.39 is 21.4 Å². The Balaban J connectivity index is 2.77. The van der Waals surface area contributed by atoms with Crippen LogP contribution in [-0.2, 0) is 13.7 Å². The molecule has 15 heavy (non-hydrogen) atoms. The number of allylic oxidation sites excluding steroid dienone is 3. The highest BCUT2D eigenvalue weighted by Crippen LogP contribution is 2.19. The molecule has 0 unspecified atom stereocenters. The Kier molecular flexibility index (Phi) is 4.02. The average molecular weight is 204 g/mol. The van der Waals surface area contributed by atoms with Crippen LogP contribution < -0.4 is 0 Å². The normalized spacial score (nSPS) is 16.6. The molecular weight excluding hydrogens is 189 g/mol. The number of hydrogen-bond donors (Lipinski definition) is 0. The summed E-state index contributed by atoms with van der Waals surface area (Å²) in [6.07, 6.45) is 0. The molecule has 0 spiro atoms. The maximum atomic E-state index is 5.51. The van der Waals surface area contributed by atoms with Crippen molar-refractivity contribution in [3.63, 3.8) is 0 Å². The van der Waals surface area contributed by atoms with E-state index in [0.29, 0.717) is 0 Å². The maximum Gasteiger partial charge on any atom is 0.461 e. The summed E-state index contributed by atoms with van der Waals surface area (Å²) >= 11 is 0. The smallest absolute Gasteiger partial charge is 0.445 e. The van der Waals surface area contributed by atoms with E-state index in [1.165, 1.54) is 0 Å². The van der Waals surface area contributed by atoms with E-state index in [0.717, 1.165) is 16.4 Å². The Morgan fingerprint density at radius 3 is 1.00 bits per heavy atom. The van der Waals surface area contributed by atoms with E-state index in [9.17, 15) is 0 Å². The molecule has 0 amide bonds. The zero-order valence-electron chi connectivity index (χ0n) is 9.58. The van der Waals surface area contributed by atoms with Gasteiger partial charge in [-0.3, -0.25) is 0 Å². The summed E-state index contributed by atoms with van der Waals surface area (Å²) < 4.78 is 16.5. The topological polar surface area (TPSA) is 27.7 Å². The fourth-order valence-corrected chi connectivity index (χ4v) is 1.13. The SMILES string of the molecule is C=C(C)B1OB(C(=C)C)OB(C(=C)C)O1. The lowest BCUT2D eigenvalue weighted by atomic mass is 9.62. The first-order valence-electron chi connectivity index (χ1n) is 4.84. The van der Waals surface area contributed by atoms with Crippen LogP contribution in [0.2, 0.25) is 0 Å². The highest BCUT2D eigenvalue weighted by atomic mass is 16.7. The van der Waals surface area contributed by atoms with Gasteiger partial charge in [-0.2, -0.15) is 0 Å². The number of hydrogen-bond acceptors (Lipinski definition) is 3. The van der Waals surface area contributed by atoms with Crippen LogP contribution in [0.1, 0.15) is 20.8 Å². The van der Waals surface area contributed by atoms with Crippen LogP contribution in [0.25, 0.3) is 0 Å². The standard InChI is InChI=1S/C9H15B3O3/c1-7(2)10-13-11(8(3)4)15-12(14-10)9(5)6/h1,3,5H2,2,4,6H3. The van der Waals surface area contributed by atoms with Crippen LogP contribution in [0.5, 0.6) is 0 Å². The van der Waals surface area contributed by atoms with Gasteiger partial charge in [-0.05, 0) is 20.8 Å². The summed E-state index contributed by atoms with van der Waals surface area (Å²) in [7, 11) is -1.37.